The van der Waals surface area contributed by atoms with Gasteiger partial charge in [-0.1, -0.05) is 18.2 Å². The molecule has 2 nitrogen and oxygen atoms in total. The van der Waals surface area contributed by atoms with Gasteiger partial charge >= 0.3 is 6.18 Å². The van der Waals surface area contributed by atoms with E-state index in [1.165, 1.54) is 4.90 Å². The smallest absolute Gasteiger partial charge is 0.335 e. The first-order chi connectivity index (χ1) is 9.41. The van der Waals surface area contributed by atoms with Gasteiger partial charge in [0.15, 0.2) is 0 Å². The van der Waals surface area contributed by atoms with E-state index in [1.54, 1.807) is 24.3 Å². The van der Waals surface area contributed by atoms with E-state index >= 15 is 0 Å². The molecule has 0 atom stereocenters. The SMILES string of the molecule is O=C(c1ccc(CCl)cc1)N1CC=C(C(F)(F)F)CC1. The Morgan fingerprint density at radius 1 is 1.25 bits per heavy atom. The number of halogens is 4. The van der Waals surface area contributed by atoms with Gasteiger partial charge in [-0.05, 0) is 24.1 Å². The number of alkyl halides is 4. The van der Waals surface area contributed by atoms with Crippen LogP contribution in [0.3, 0.4) is 0 Å². The molecule has 0 unspecified atom stereocenters. The highest BCUT2D eigenvalue weighted by Crippen LogP contribution is 2.30. The molecule has 1 amide bonds. The average Bonchev–Trinajstić information content (AvgIpc) is 2.46. The maximum Gasteiger partial charge on any atom is 0.412 e. The molecule has 0 saturated carbocycles. The van der Waals surface area contributed by atoms with Crippen molar-refractivity contribution < 1.29 is 18.0 Å². The first kappa shape index (κ1) is 14.9. The normalized spacial score (nSPS) is 16.0. The summed E-state index contributed by atoms with van der Waals surface area (Å²) in [4.78, 5) is 13.5. The van der Waals surface area contributed by atoms with Crippen LogP contribution in [0, 0.1) is 0 Å². The molecule has 108 valence electrons. The van der Waals surface area contributed by atoms with E-state index < -0.39 is 11.7 Å². The Labute approximate surface area is 119 Å². The van der Waals surface area contributed by atoms with Crippen LogP contribution in [0.5, 0.6) is 0 Å². The summed E-state index contributed by atoms with van der Waals surface area (Å²) in [5, 5.41) is 0. The van der Waals surface area contributed by atoms with Gasteiger partial charge in [0.05, 0.1) is 0 Å². The molecule has 6 heteroatoms. The van der Waals surface area contributed by atoms with Gasteiger partial charge in [-0.2, -0.15) is 13.2 Å². The quantitative estimate of drug-likeness (QED) is 0.602. The fourth-order valence-electron chi connectivity index (χ4n) is 2.03. The highest BCUT2D eigenvalue weighted by molar-refractivity contribution is 6.17. The highest BCUT2D eigenvalue weighted by atomic mass is 35.5. The lowest BCUT2D eigenvalue weighted by atomic mass is 10.1. The number of rotatable bonds is 2. The van der Waals surface area contributed by atoms with Crippen molar-refractivity contribution in [1.29, 1.82) is 0 Å². The van der Waals surface area contributed by atoms with Crippen molar-refractivity contribution in [3.05, 3.63) is 47.0 Å². The van der Waals surface area contributed by atoms with Crippen LogP contribution in [-0.2, 0) is 5.88 Å². The monoisotopic (exact) mass is 303 g/mol. The second kappa shape index (κ2) is 5.87. The van der Waals surface area contributed by atoms with Gasteiger partial charge in [-0.15, -0.1) is 11.6 Å². The molecule has 0 N–H and O–H groups in total. The zero-order valence-electron chi connectivity index (χ0n) is 10.6. The van der Waals surface area contributed by atoms with Crippen LogP contribution in [0.15, 0.2) is 35.9 Å². The van der Waals surface area contributed by atoms with Crippen LogP contribution in [0.25, 0.3) is 0 Å². The van der Waals surface area contributed by atoms with Gasteiger partial charge < -0.3 is 4.90 Å². The van der Waals surface area contributed by atoms with Gasteiger partial charge in [0.2, 0.25) is 0 Å². The maximum atomic E-state index is 12.5. The van der Waals surface area contributed by atoms with Gasteiger partial charge in [-0.25, -0.2) is 0 Å². The third kappa shape index (κ3) is 3.33. The van der Waals surface area contributed by atoms with E-state index in [9.17, 15) is 18.0 Å². The van der Waals surface area contributed by atoms with Gasteiger partial charge in [0.25, 0.3) is 5.91 Å². The van der Waals surface area contributed by atoms with Gasteiger partial charge in [0, 0.05) is 30.1 Å². The van der Waals surface area contributed by atoms with Crippen molar-refractivity contribution >= 4 is 17.5 Å². The zero-order valence-corrected chi connectivity index (χ0v) is 11.3. The molecule has 1 aromatic rings. The number of hydrogen-bond donors (Lipinski definition) is 0. The lowest BCUT2D eigenvalue weighted by Crippen LogP contribution is -2.36. The number of hydrogen-bond acceptors (Lipinski definition) is 1. The van der Waals surface area contributed by atoms with E-state index in [-0.39, 0.29) is 25.4 Å². The average molecular weight is 304 g/mol. The Morgan fingerprint density at radius 2 is 1.90 bits per heavy atom. The van der Waals surface area contributed by atoms with Crippen LogP contribution in [-0.4, -0.2) is 30.1 Å². The second-order valence-corrected chi connectivity index (χ2v) is 4.83. The van der Waals surface area contributed by atoms with Crippen LogP contribution in [0.4, 0.5) is 13.2 Å². The maximum absolute atomic E-state index is 12.5. The number of nitrogens with zero attached hydrogens (tertiary/aromatic N) is 1. The van der Waals surface area contributed by atoms with Crippen LogP contribution in [0.1, 0.15) is 22.3 Å². The molecule has 20 heavy (non-hydrogen) atoms. The number of benzene rings is 1. The van der Waals surface area contributed by atoms with Gasteiger partial charge in [-0.3, -0.25) is 4.79 Å². The minimum absolute atomic E-state index is 0.00899. The molecule has 1 aliphatic heterocycles. The summed E-state index contributed by atoms with van der Waals surface area (Å²) in [6.07, 6.45) is -3.37. The Morgan fingerprint density at radius 3 is 2.35 bits per heavy atom. The van der Waals surface area contributed by atoms with Crippen molar-refractivity contribution in [2.75, 3.05) is 13.1 Å². The molecule has 0 bridgehead atoms. The predicted octanol–water partition coefficient (Wildman–Crippen LogP) is 3.76. The Bertz CT molecular complexity index is 522. The van der Waals surface area contributed by atoms with Crippen LogP contribution in [0.2, 0.25) is 0 Å². The van der Waals surface area contributed by atoms with E-state index in [2.05, 4.69) is 0 Å². The molecule has 2 rings (SSSR count). The summed E-state index contributed by atoms with van der Waals surface area (Å²) in [5.74, 6) is 0.0965. The van der Waals surface area contributed by atoms with E-state index in [0.29, 0.717) is 11.4 Å². The summed E-state index contributed by atoms with van der Waals surface area (Å²) in [5.41, 5.74) is 0.794. The highest BCUT2D eigenvalue weighted by Gasteiger charge is 2.35. The lowest BCUT2D eigenvalue weighted by molar-refractivity contribution is -0.0957. The van der Waals surface area contributed by atoms with Crippen molar-refractivity contribution in [2.24, 2.45) is 0 Å². The van der Waals surface area contributed by atoms with E-state index in [4.69, 9.17) is 11.6 Å². The third-order valence-electron chi connectivity index (χ3n) is 3.22. The van der Waals surface area contributed by atoms with Crippen LogP contribution < -0.4 is 0 Å². The van der Waals surface area contributed by atoms with Crippen molar-refractivity contribution in [1.82, 2.24) is 4.90 Å². The molecule has 1 aliphatic rings. The Kier molecular flexibility index (Phi) is 4.38. The summed E-state index contributed by atoms with van der Waals surface area (Å²) in [6.45, 7) is 0.0758. The Hall–Kier alpha value is -1.49. The molecule has 1 heterocycles. The first-order valence-electron chi connectivity index (χ1n) is 6.12. The number of amides is 1. The van der Waals surface area contributed by atoms with E-state index in [0.717, 1.165) is 11.6 Å². The minimum Gasteiger partial charge on any atom is -0.335 e. The summed E-state index contributed by atoms with van der Waals surface area (Å²) < 4.78 is 37.5. The molecular formula is C14H13ClF3NO. The standard InChI is InChI=1S/C14H13ClF3NO/c15-9-10-1-3-11(4-2-10)13(20)19-7-5-12(6-8-19)14(16,17)18/h1-5H,6-9H2. The van der Waals surface area contributed by atoms with Crippen molar-refractivity contribution in [2.45, 2.75) is 18.5 Å². The predicted molar refractivity (Wildman–Crippen MR) is 70.7 cm³/mol. The molecule has 0 fully saturated rings. The fraction of sp³-hybridized carbons (Fsp3) is 0.357. The molecule has 0 aliphatic carbocycles. The van der Waals surface area contributed by atoms with Crippen LogP contribution >= 0.6 is 11.6 Å². The van der Waals surface area contributed by atoms with Crippen molar-refractivity contribution in [3.63, 3.8) is 0 Å². The number of carbonyl (C=O) groups is 1. The van der Waals surface area contributed by atoms with E-state index in [1.807, 2.05) is 0 Å². The zero-order chi connectivity index (χ0) is 14.8. The molecule has 0 radical (unpaired) electrons. The van der Waals surface area contributed by atoms with Crippen molar-refractivity contribution in [3.8, 4) is 0 Å². The third-order valence-corrected chi connectivity index (χ3v) is 3.52. The van der Waals surface area contributed by atoms with Gasteiger partial charge in [0.1, 0.15) is 0 Å². The number of carbonyl (C=O) groups excluding carboxylic acids is 1. The lowest BCUT2D eigenvalue weighted by Gasteiger charge is -2.27. The summed E-state index contributed by atoms with van der Waals surface area (Å²) >= 11 is 5.66. The second-order valence-electron chi connectivity index (χ2n) is 4.56. The fourth-order valence-corrected chi connectivity index (χ4v) is 2.21. The molecule has 0 saturated heterocycles. The molecule has 1 aromatic carbocycles. The molecule has 0 aromatic heterocycles. The summed E-state index contributed by atoms with van der Waals surface area (Å²) in [7, 11) is 0. The largest absolute Gasteiger partial charge is 0.412 e. The molecular weight excluding hydrogens is 291 g/mol. The first-order valence-corrected chi connectivity index (χ1v) is 6.65. The minimum atomic E-state index is -4.29. The topological polar surface area (TPSA) is 20.3 Å². The summed E-state index contributed by atoms with van der Waals surface area (Å²) in [6, 6.07) is 6.76. The Balaban J connectivity index is 2.06. The molecule has 0 spiro atoms.